The number of carbonyl (C=O) groups is 2. The summed E-state index contributed by atoms with van der Waals surface area (Å²) in [4.78, 5) is 23.2. The molecule has 1 aromatic rings. The van der Waals surface area contributed by atoms with Gasteiger partial charge >= 0.3 is 5.97 Å². The van der Waals surface area contributed by atoms with Gasteiger partial charge in [0.15, 0.2) is 17.6 Å². The molecule has 0 bridgehead atoms. The van der Waals surface area contributed by atoms with E-state index in [1.807, 2.05) is 20.8 Å². The average molecular weight is 297 g/mol. The van der Waals surface area contributed by atoms with Crippen LogP contribution in [0.2, 0.25) is 0 Å². The second-order valence-electron chi connectivity index (χ2n) is 5.97. The number of hydrogen-bond acceptors (Lipinski definition) is 3. The van der Waals surface area contributed by atoms with Crippen LogP contribution in [-0.2, 0) is 9.59 Å². The largest absolute Gasteiger partial charge is 0.494 e. The first-order valence-electron chi connectivity index (χ1n) is 6.49. The van der Waals surface area contributed by atoms with Gasteiger partial charge in [0.05, 0.1) is 7.11 Å². The second kappa shape index (κ2) is 6.56. The fraction of sp³-hybridized carbons (Fsp3) is 0.467. The van der Waals surface area contributed by atoms with Gasteiger partial charge in [-0.2, -0.15) is 0 Å². The Balaban J connectivity index is 2.95. The molecule has 0 aliphatic carbocycles. The first kappa shape index (κ1) is 16.9. The molecule has 0 aromatic heterocycles. The Hall–Kier alpha value is -2.11. The Morgan fingerprint density at radius 2 is 2.00 bits per heavy atom. The minimum atomic E-state index is -1.29. The molecule has 0 aliphatic heterocycles. The molecule has 1 rings (SSSR count). The first-order chi connectivity index (χ1) is 9.64. The van der Waals surface area contributed by atoms with Crippen molar-refractivity contribution in [2.45, 2.75) is 33.2 Å². The monoisotopic (exact) mass is 297 g/mol. The molecule has 6 heteroatoms. The van der Waals surface area contributed by atoms with E-state index < -0.39 is 23.7 Å². The molecule has 0 heterocycles. The molecule has 116 valence electrons. The molecule has 21 heavy (non-hydrogen) atoms. The fourth-order valence-electron chi connectivity index (χ4n) is 1.84. The number of benzene rings is 1. The van der Waals surface area contributed by atoms with Crippen molar-refractivity contribution < 1.29 is 23.8 Å². The molecule has 1 aromatic carbocycles. The molecule has 1 unspecified atom stereocenters. The average Bonchev–Trinajstić information content (AvgIpc) is 2.33. The van der Waals surface area contributed by atoms with Crippen molar-refractivity contribution >= 4 is 11.9 Å². The van der Waals surface area contributed by atoms with Gasteiger partial charge in [-0.1, -0.05) is 26.8 Å². The summed E-state index contributed by atoms with van der Waals surface area (Å²) in [6.45, 7) is 5.61. The molecule has 0 spiro atoms. The zero-order valence-corrected chi connectivity index (χ0v) is 12.6. The molecule has 1 amide bonds. The van der Waals surface area contributed by atoms with Gasteiger partial charge in [-0.15, -0.1) is 0 Å². The number of aliphatic carboxylic acids is 1. The molecular formula is C15H20FNO4. The van der Waals surface area contributed by atoms with Crippen molar-refractivity contribution in [3.05, 3.63) is 29.6 Å². The molecule has 0 fully saturated rings. The Labute approximate surface area is 123 Å². The summed E-state index contributed by atoms with van der Waals surface area (Å²) in [6.07, 6.45) is 0.176. The highest BCUT2D eigenvalue weighted by molar-refractivity contribution is 5.84. The van der Waals surface area contributed by atoms with Crippen molar-refractivity contribution in [1.29, 1.82) is 0 Å². The minimum absolute atomic E-state index is 0.0175. The minimum Gasteiger partial charge on any atom is -0.494 e. The van der Waals surface area contributed by atoms with Crippen molar-refractivity contribution in [2.24, 2.45) is 5.41 Å². The predicted octanol–water partition coefficient (Wildman–Crippen LogP) is 2.51. The standard InChI is InChI=1S/C15H20FNO4/c1-15(2,3)8-12(18)17-13(14(19)20)9-5-6-11(21-4)10(16)7-9/h5-7,13H,8H2,1-4H3,(H,17,18)(H,19,20). The molecule has 0 aliphatic rings. The zero-order chi connectivity index (χ0) is 16.2. The number of nitrogens with one attached hydrogen (secondary N) is 1. The number of halogens is 1. The number of methoxy groups -OCH3 is 1. The van der Waals surface area contributed by atoms with Crippen LogP contribution >= 0.6 is 0 Å². The Morgan fingerprint density at radius 1 is 1.38 bits per heavy atom. The molecule has 2 N–H and O–H groups in total. The highest BCUT2D eigenvalue weighted by Crippen LogP contribution is 2.23. The smallest absolute Gasteiger partial charge is 0.330 e. The van der Waals surface area contributed by atoms with Crippen LogP contribution in [0.25, 0.3) is 0 Å². The summed E-state index contributed by atoms with van der Waals surface area (Å²) in [5, 5.41) is 11.6. The van der Waals surface area contributed by atoms with Gasteiger partial charge in [-0.25, -0.2) is 9.18 Å². The van der Waals surface area contributed by atoms with Crippen molar-refractivity contribution in [3.8, 4) is 5.75 Å². The Bertz CT molecular complexity index is 537. The molecule has 0 saturated heterocycles. The van der Waals surface area contributed by atoms with Gasteiger partial charge in [0.25, 0.3) is 0 Å². The molecular weight excluding hydrogens is 277 g/mol. The van der Waals surface area contributed by atoms with E-state index in [-0.39, 0.29) is 23.1 Å². The number of carboxylic acid groups (broad SMARTS) is 1. The van der Waals surface area contributed by atoms with Gasteiger partial charge < -0.3 is 15.2 Å². The van der Waals surface area contributed by atoms with Crippen LogP contribution in [-0.4, -0.2) is 24.1 Å². The summed E-state index contributed by atoms with van der Waals surface area (Å²) >= 11 is 0. The predicted molar refractivity (Wildman–Crippen MR) is 75.5 cm³/mol. The lowest BCUT2D eigenvalue weighted by Gasteiger charge is -2.20. The lowest BCUT2D eigenvalue weighted by atomic mass is 9.91. The summed E-state index contributed by atoms with van der Waals surface area (Å²) in [7, 11) is 1.32. The number of ether oxygens (including phenoxy) is 1. The zero-order valence-electron chi connectivity index (χ0n) is 12.6. The SMILES string of the molecule is COc1ccc(C(NC(=O)CC(C)(C)C)C(=O)O)cc1F. The number of rotatable bonds is 5. The topological polar surface area (TPSA) is 75.6 Å². The van der Waals surface area contributed by atoms with E-state index in [1.165, 1.54) is 19.2 Å². The Morgan fingerprint density at radius 3 is 2.43 bits per heavy atom. The van der Waals surface area contributed by atoms with Gasteiger partial charge in [0.1, 0.15) is 0 Å². The van der Waals surface area contributed by atoms with Crippen molar-refractivity contribution in [1.82, 2.24) is 5.32 Å². The maximum Gasteiger partial charge on any atom is 0.330 e. The maximum absolute atomic E-state index is 13.7. The number of carboxylic acids is 1. The molecule has 0 radical (unpaired) electrons. The van der Waals surface area contributed by atoms with E-state index in [0.29, 0.717) is 0 Å². The summed E-state index contributed by atoms with van der Waals surface area (Å²) in [6, 6.07) is 2.50. The second-order valence-corrected chi connectivity index (χ2v) is 5.97. The molecule has 1 atom stereocenters. The van der Waals surface area contributed by atoms with Gasteiger partial charge in [-0.3, -0.25) is 4.79 Å². The van der Waals surface area contributed by atoms with E-state index in [2.05, 4.69) is 5.32 Å². The van der Waals surface area contributed by atoms with E-state index in [9.17, 15) is 19.1 Å². The highest BCUT2D eigenvalue weighted by Gasteiger charge is 2.25. The number of hydrogen-bond donors (Lipinski definition) is 2. The van der Waals surface area contributed by atoms with Crippen LogP contribution in [0.15, 0.2) is 18.2 Å². The van der Waals surface area contributed by atoms with E-state index in [0.717, 1.165) is 6.07 Å². The van der Waals surface area contributed by atoms with Crippen LogP contribution in [0.4, 0.5) is 4.39 Å². The summed E-state index contributed by atoms with van der Waals surface area (Å²) in [5.41, 5.74) is -0.110. The number of carbonyl (C=O) groups excluding carboxylic acids is 1. The maximum atomic E-state index is 13.7. The Kier molecular flexibility index (Phi) is 5.29. The molecule has 0 saturated carbocycles. The molecule has 5 nitrogen and oxygen atoms in total. The van der Waals surface area contributed by atoms with E-state index >= 15 is 0 Å². The van der Waals surface area contributed by atoms with Gasteiger partial charge in [-0.05, 0) is 23.1 Å². The van der Waals surface area contributed by atoms with Crippen LogP contribution in [0.5, 0.6) is 5.75 Å². The quantitative estimate of drug-likeness (QED) is 0.875. The summed E-state index contributed by atoms with van der Waals surface area (Å²) < 4.78 is 18.4. The number of amides is 1. The highest BCUT2D eigenvalue weighted by atomic mass is 19.1. The first-order valence-corrected chi connectivity index (χ1v) is 6.49. The van der Waals surface area contributed by atoms with E-state index in [4.69, 9.17) is 4.74 Å². The van der Waals surface area contributed by atoms with Crippen LogP contribution < -0.4 is 10.1 Å². The van der Waals surface area contributed by atoms with Crippen LogP contribution in [0.1, 0.15) is 38.8 Å². The third-order valence-corrected chi connectivity index (χ3v) is 2.75. The fourth-order valence-corrected chi connectivity index (χ4v) is 1.84. The third kappa shape index (κ3) is 5.06. The third-order valence-electron chi connectivity index (χ3n) is 2.75. The van der Waals surface area contributed by atoms with E-state index in [1.54, 1.807) is 0 Å². The van der Waals surface area contributed by atoms with Crippen molar-refractivity contribution in [2.75, 3.05) is 7.11 Å². The van der Waals surface area contributed by atoms with Gasteiger partial charge in [0.2, 0.25) is 5.91 Å². The van der Waals surface area contributed by atoms with Crippen molar-refractivity contribution in [3.63, 3.8) is 0 Å². The lowest BCUT2D eigenvalue weighted by molar-refractivity contribution is -0.142. The van der Waals surface area contributed by atoms with Gasteiger partial charge in [0, 0.05) is 6.42 Å². The lowest BCUT2D eigenvalue weighted by Crippen LogP contribution is -2.35. The summed E-state index contributed by atoms with van der Waals surface area (Å²) in [5.74, 6) is -2.30. The van der Waals surface area contributed by atoms with Crippen LogP contribution in [0, 0.1) is 11.2 Å². The van der Waals surface area contributed by atoms with Crippen LogP contribution in [0.3, 0.4) is 0 Å². The normalized spacial score (nSPS) is 12.6.